The summed E-state index contributed by atoms with van der Waals surface area (Å²) in [5.74, 6) is 0.511. The van der Waals surface area contributed by atoms with E-state index in [1.165, 1.54) is 4.90 Å². The number of carbonyl (C=O) groups excluding carboxylic acids is 2. The minimum atomic E-state index is -0.432. The maximum atomic E-state index is 12.8. The van der Waals surface area contributed by atoms with E-state index in [1.54, 1.807) is 6.08 Å². The molecule has 0 radical (unpaired) electrons. The van der Waals surface area contributed by atoms with Crippen LogP contribution in [0.1, 0.15) is 47.1 Å². The Kier molecular flexibility index (Phi) is 6.70. The van der Waals surface area contributed by atoms with Gasteiger partial charge >= 0.3 is 12.1 Å². The van der Waals surface area contributed by atoms with Crippen molar-refractivity contribution >= 4 is 34.7 Å². The number of amides is 4. The van der Waals surface area contributed by atoms with Crippen molar-refractivity contribution in [1.82, 2.24) is 20.6 Å². The van der Waals surface area contributed by atoms with Crippen LogP contribution in [0.3, 0.4) is 0 Å². The van der Waals surface area contributed by atoms with Gasteiger partial charge in [-0.25, -0.2) is 14.6 Å². The zero-order chi connectivity index (χ0) is 22.7. The number of fused-ring (bicyclic) bond motifs is 1. The number of benzene rings is 1. The smallest absolute Gasteiger partial charge is 0.324 e. The van der Waals surface area contributed by atoms with Crippen LogP contribution < -0.4 is 20.9 Å². The number of nitrogens with one attached hydrogen (secondary N) is 3. The third kappa shape index (κ3) is 6.43. The highest BCUT2D eigenvalue weighted by Gasteiger charge is 2.24. The molecule has 0 aliphatic heterocycles. The summed E-state index contributed by atoms with van der Waals surface area (Å²) in [6.45, 7) is 17.3. The van der Waals surface area contributed by atoms with E-state index >= 15 is 0 Å². The van der Waals surface area contributed by atoms with Crippen LogP contribution in [0.15, 0.2) is 30.9 Å². The molecule has 0 bridgehead atoms. The van der Waals surface area contributed by atoms with Crippen LogP contribution >= 0.6 is 0 Å². The molecule has 3 N–H and O–H groups in total. The highest BCUT2D eigenvalue weighted by Crippen LogP contribution is 2.25. The topological polar surface area (TPSA) is 99.3 Å². The molecule has 1 aromatic heterocycles. The molecule has 0 fully saturated rings. The molecule has 8 heteroatoms. The average Bonchev–Trinajstić information content (AvgIpc) is 2.56. The van der Waals surface area contributed by atoms with Crippen molar-refractivity contribution in [2.45, 2.75) is 59.5 Å². The van der Waals surface area contributed by atoms with Gasteiger partial charge in [0, 0.05) is 23.0 Å². The Labute approximate surface area is 178 Å². The van der Waals surface area contributed by atoms with Gasteiger partial charge in [0.2, 0.25) is 5.95 Å². The van der Waals surface area contributed by atoms with Gasteiger partial charge in [0.25, 0.3) is 0 Å². The molecule has 162 valence electrons. The lowest BCUT2D eigenvalue weighted by Gasteiger charge is -2.27. The van der Waals surface area contributed by atoms with E-state index in [0.717, 1.165) is 5.56 Å². The zero-order valence-electron chi connectivity index (χ0n) is 18.9. The van der Waals surface area contributed by atoms with Gasteiger partial charge in [0.05, 0.1) is 5.52 Å². The van der Waals surface area contributed by atoms with E-state index in [-0.39, 0.29) is 24.6 Å². The predicted molar refractivity (Wildman–Crippen MR) is 122 cm³/mol. The molecule has 0 aliphatic rings. The third-order valence-electron chi connectivity index (χ3n) is 3.84. The van der Waals surface area contributed by atoms with Crippen molar-refractivity contribution in [2.24, 2.45) is 0 Å². The number of nitrogens with zero attached hydrogens (tertiary/aromatic N) is 3. The van der Waals surface area contributed by atoms with E-state index in [9.17, 15) is 9.59 Å². The fourth-order valence-corrected chi connectivity index (χ4v) is 2.70. The zero-order valence-corrected chi connectivity index (χ0v) is 18.9. The van der Waals surface area contributed by atoms with Gasteiger partial charge in [-0.15, -0.1) is 6.58 Å². The Morgan fingerprint density at radius 2 is 1.70 bits per heavy atom. The lowest BCUT2D eigenvalue weighted by atomic mass is 10.1. The van der Waals surface area contributed by atoms with Crippen molar-refractivity contribution in [3.63, 3.8) is 0 Å². The van der Waals surface area contributed by atoms with Crippen molar-refractivity contribution in [1.29, 1.82) is 0 Å². The van der Waals surface area contributed by atoms with Crippen LogP contribution in [0.4, 0.5) is 21.4 Å². The summed E-state index contributed by atoms with van der Waals surface area (Å²) in [5.41, 5.74) is 0.784. The average molecular weight is 413 g/mol. The summed E-state index contributed by atoms with van der Waals surface area (Å²) in [7, 11) is 0. The van der Waals surface area contributed by atoms with Gasteiger partial charge < -0.3 is 10.6 Å². The molecule has 8 nitrogen and oxygen atoms in total. The largest absolute Gasteiger partial charge is 0.333 e. The van der Waals surface area contributed by atoms with Crippen LogP contribution in [-0.2, 0) is 0 Å². The minimum Gasteiger partial charge on any atom is -0.333 e. The van der Waals surface area contributed by atoms with Crippen LogP contribution in [0.2, 0.25) is 0 Å². The Morgan fingerprint density at radius 3 is 2.27 bits per heavy atom. The second kappa shape index (κ2) is 8.69. The Balaban J connectivity index is 2.54. The second-order valence-corrected chi connectivity index (χ2v) is 9.30. The standard InChI is InChI=1S/C22H32N6O2/c1-9-12-28(20(30)27-22(6,7)8)18-23-16-11-10-14(2)13-15(16)17(24-18)25-19(29)26-21(3,4)5/h9-11,13H,1,12H2,2-8H3,(H,27,30)(H2,23,24,25,26,29). The molecular formula is C22H32N6O2. The van der Waals surface area contributed by atoms with Gasteiger partial charge in [-0.05, 0) is 60.6 Å². The summed E-state index contributed by atoms with van der Waals surface area (Å²) in [4.78, 5) is 35.8. The summed E-state index contributed by atoms with van der Waals surface area (Å²) < 4.78 is 0. The lowest BCUT2D eigenvalue weighted by molar-refractivity contribution is 0.238. The summed E-state index contributed by atoms with van der Waals surface area (Å²) in [6.07, 6.45) is 1.60. The first-order valence-electron chi connectivity index (χ1n) is 9.87. The maximum Gasteiger partial charge on any atom is 0.324 e. The normalized spacial score (nSPS) is 11.7. The molecule has 2 rings (SSSR count). The molecule has 0 saturated carbocycles. The minimum absolute atomic E-state index is 0.180. The number of urea groups is 2. The van der Waals surface area contributed by atoms with Gasteiger partial charge in [-0.2, -0.15) is 4.98 Å². The van der Waals surface area contributed by atoms with E-state index in [4.69, 9.17) is 0 Å². The van der Waals surface area contributed by atoms with Gasteiger partial charge in [-0.1, -0.05) is 17.7 Å². The molecule has 2 aromatic rings. The molecule has 4 amide bonds. The number of aromatic nitrogens is 2. The lowest BCUT2D eigenvalue weighted by Crippen LogP contribution is -2.49. The number of anilines is 2. The summed E-state index contributed by atoms with van der Waals surface area (Å²) in [5, 5.41) is 9.27. The van der Waals surface area contributed by atoms with Crippen LogP contribution in [0.25, 0.3) is 10.9 Å². The summed E-state index contributed by atoms with van der Waals surface area (Å²) in [6, 6.07) is 4.93. The van der Waals surface area contributed by atoms with E-state index in [1.807, 2.05) is 66.7 Å². The van der Waals surface area contributed by atoms with Crippen LogP contribution in [-0.4, -0.2) is 39.7 Å². The molecule has 1 aromatic carbocycles. The van der Waals surface area contributed by atoms with E-state index in [2.05, 4.69) is 32.5 Å². The van der Waals surface area contributed by atoms with Crippen molar-refractivity contribution < 1.29 is 9.59 Å². The van der Waals surface area contributed by atoms with Crippen molar-refractivity contribution in [3.05, 3.63) is 36.4 Å². The van der Waals surface area contributed by atoms with Gasteiger partial charge in [-0.3, -0.25) is 10.2 Å². The predicted octanol–water partition coefficient (Wildman–Crippen LogP) is 4.36. The molecule has 0 spiro atoms. The van der Waals surface area contributed by atoms with E-state index in [0.29, 0.717) is 16.7 Å². The molecule has 0 atom stereocenters. The van der Waals surface area contributed by atoms with Crippen molar-refractivity contribution in [2.75, 3.05) is 16.8 Å². The maximum absolute atomic E-state index is 12.8. The van der Waals surface area contributed by atoms with E-state index < -0.39 is 11.1 Å². The molecule has 1 heterocycles. The first-order valence-corrected chi connectivity index (χ1v) is 9.87. The fraction of sp³-hybridized carbons (Fsp3) is 0.455. The third-order valence-corrected chi connectivity index (χ3v) is 3.84. The highest BCUT2D eigenvalue weighted by molar-refractivity contribution is 6.00. The van der Waals surface area contributed by atoms with Gasteiger partial charge in [0.1, 0.15) is 5.82 Å². The Hall–Kier alpha value is -3.16. The quantitative estimate of drug-likeness (QED) is 0.650. The molecule has 0 saturated heterocycles. The first kappa shape index (κ1) is 23.1. The molecule has 0 aliphatic carbocycles. The molecule has 0 unspecified atom stereocenters. The number of rotatable bonds is 4. The second-order valence-electron chi connectivity index (χ2n) is 9.30. The SMILES string of the molecule is C=CCN(C(=O)NC(C)(C)C)c1nc(NC(=O)NC(C)(C)C)c2cc(C)ccc2n1. The number of hydrogen-bond donors (Lipinski definition) is 3. The Bertz CT molecular complexity index is 956. The van der Waals surface area contributed by atoms with Gasteiger partial charge in [0.15, 0.2) is 0 Å². The summed E-state index contributed by atoms with van der Waals surface area (Å²) >= 11 is 0. The fourth-order valence-electron chi connectivity index (χ4n) is 2.70. The molecule has 30 heavy (non-hydrogen) atoms. The number of aryl methyl sites for hydroxylation is 1. The first-order chi connectivity index (χ1) is 13.8. The van der Waals surface area contributed by atoms with Crippen LogP contribution in [0, 0.1) is 6.92 Å². The number of carbonyl (C=O) groups is 2. The van der Waals surface area contributed by atoms with Crippen LogP contribution in [0.5, 0.6) is 0 Å². The number of hydrogen-bond acceptors (Lipinski definition) is 4. The monoisotopic (exact) mass is 412 g/mol. The highest BCUT2D eigenvalue weighted by atomic mass is 16.2. The molecular weight excluding hydrogens is 380 g/mol. The Morgan fingerprint density at radius 1 is 1.07 bits per heavy atom. The van der Waals surface area contributed by atoms with Crippen molar-refractivity contribution in [3.8, 4) is 0 Å².